The molecule has 0 saturated heterocycles. The van der Waals surface area contributed by atoms with Gasteiger partial charge in [-0.3, -0.25) is 0 Å². The lowest BCUT2D eigenvalue weighted by Crippen LogP contribution is -1.95. The van der Waals surface area contributed by atoms with Crippen LogP contribution in [0.4, 0.5) is 0 Å². The summed E-state index contributed by atoms with van der Waals surface area (Å²) in [6.45, 7) is 0. The number of benzene rings is 7. The molecule has 0 N–H and O–H groups in total. The van der Waals surface area contributed by atoms with Crippen molar-refractivity contribution < 1.29 is 4.42 Å². The van der Waals surface area contributed by atoms with Crippen molar-refractivity contribution in [3.63, 3.8) is 0 Å². The standard InChI is InChI=1S/C41H25N3O/c1-4-10-28(11-5-1)38-39(29-12-6-2-7-13-29)43-36-25-32(21-22-34(36)42-38)31-19-17-26-16-18-27-20-23-35-40(37(27)33(26)24-31)45-41(44-35)30-14-8-3-9-15-30/h1-25H. The van der Waals surface area contributed by atoms with Crippen LogP contribution in [0, 0.1) is 0 Å². The second kappa shape index (κ2) is 10.2. The van der Waals surface area contributed by atoms with Crippen molar-refractivity contribution in [1.82, 2.24) is 15.0 Å². The maximum atomic E-state index is 6.45. The van der Waals surface area contributed by atoms with Gasteiger partial charge < -0.3 is 4.42 Å². The summed E-state index contributed by atoms with van der Waals surface area (Å²) >= 11 is 0. The van der Waals surface area contributed by atoms with Gasteiger partial charge in [0.1, 0.15) is 5.52 Å². The molecule has 0 radical (unpaired) electrons. The molecule has 0 aliphatic carbocycles. The second-order valence-corrected chi connectivity index (χ2v) is 11.3. The Bertz CT molecular complexity index is 2520. The van der Waals surface area contributed by atoms with E-state index in [4.69, 9.17) is 19.4 Å². The van der Waals surface area contributed by atoms with Crippen molar-refractivity contribution in [2.45, 2.75) is 0 Å². The smallest absolute Gasteiger partial charge is 0.227 e. The monoisotopic (exact) mass is 575 g/mol. The summed E-state index contributed by atoms with van der Waals surface area (Å²) in [6.07, 6.45) is 0. The summed E-state index contributed by atoms with van der Waals surface area (Å²) in [5.74, 6) is 0.628. The highest BCUT2D eigenvalue weighted by atomic mass is 16.3. The normalized spacial score (nSPS) is 11.6. The molecule has 0 unspecified atom stereocenters. The summed E-state index contributed by atoms with van der Waals surface area (Å²) in [6, 6.07) is 52.1. The van der Waals surface area contributed by atoms with Crippen LogP contribution in [0.15, 0.2) is 156 Å². The molecule has 7 aromatic carbocycles. The highest BCUT2D eigenvalue weighted by molar-refractivity contribution is 6.18. The topological polar surface area (TPSA) is 51.8 Å². The predicted molar refractivity (Wildman–Crippen MR) is 184 cm³/mol. The Morgan fingerprint density at radius 2 is 0.911 bits per heavy atom. The van der Waals surface area contributed by atoms with Gasteiger partial charge in [-0.1, -0.05) is 115 Å². The lowest BCUT2D eigenvalue weighted by molar-refractivity contribution is 0.623. The van der Waals surface area contributed by atoms with Crippen molar-refractivity contribution in [2.24, 2.45) is 0 Å². The highest BCUT2D eigenvalue weighted by Gasteiger charge is 2.16. The van der Waals surface area contributed by atoms with E-state index in [9.17, 15) is 0 Å². The molecule has 2 heterocycles. The number of hydrogen-bond acceptors (Lipinski definition) is 4. The number of nitrogens with zero attached hydrogens (tertiary/aromatic N) is 3. The van der Waals surface area contributed by atoms with Crippen molar-refractivity contribution in [1.29, 1.82) is 0 Å². The zero-order valence-electron chi connectivity index (χ0n) is 24.2. The zero-order chi connectivity index (χ0) is 29.7. The molecule has 4 nitrogen and oxygen atoms in total. The van der Waals surface area contributed by atoms with Gasteiger partial charge >= 0.3 is 0 Å². The van der Waals surface area contributed by atoms with Gasteiger partial charge in [-0.25, -0.2) is 15.0 Å². The second-order valence-electron chi connectivity index (χ2n) is 11.3. The van der Waals surface area contributed by atoms with E-state index in [0.717, 1.165) is 82.9 Å². The van der Waals surface area contributed by atoms with Gasteiger partial charge in [-0.2, -0.15) is 0 Å². The molecule has 0 spiro atoms. The SMILES string of the molecule is c1ccc(-c2nc3ccc4ccc5ccc(-c6ccc7nc(-c8ccccc8)c(-c8ccccc8)nc7c6)cc5c4c3o2)cc1. The van der Waals surface area contributed by atoms with Gasteiger partial charge in [-0.05, 0) is 63.7 Å². The Kier molecular flexibility index (Phi) is 5.78. The average Bonchev–Trinajstić information content (AvgIpc) is 3.56. The molecule has 9 rings (SSSR count). The zero-order valence-corrected chi connectivity index (χ0v) is 24.2. The van der Waals surface area contributed by atoms with Crippen LogP contribution in [0.5, 0.6) is 0 Å². The van der Waals surface area contributed by atoms with Gasteiger partial charge in [0.05, 0.1) is 22.4 Å². The van der Waals surface area contributed by atoms with E-state index < -0.39 is 0 Å². The van der Waals surface area contributed by atoms with Crippen LogP contribution in [0.2, 0.25) is 0 Å². The van der Waals surface area contributed by atoms with Gasteiger partial charge in [0.25, 0.3) is 0 Å². The lowest BCUT2D eigenvalue weighted by atomic mass is 9.96. The summed E-state index contributed by atoms with van der Waals surface area (Å²) in [4.78, 5) is 15.2. The number of aromatic nitrogens is 3. The third-order valence-corrected chi connectivity index (χ3v) is 8.47. The quantitative estimate of drug-likeness (QED) is 0.196. The average molecular weight is 576 g/mol. The Balaban J connectivity index is 1.22. The Morgan fingerprint density at radius 3 is 1.62 bits per heavy atom. The van der Waals surface area contributed by atoms with Crippen LogP contribution in [0.1, 0.15) is 0 Å². The van der Waals surface area contributed by atoms with Crippen LogP contribution < -0.4 is 0 Å². The fourth-order valence-electron chi connectivity index (χ4n) is 6.23. The summed E-state index contributed by atoms with van der Waals surface area (Å²) < 4.78 is 6.45. The first-order valence-corrected chi connectivity index (χ1v) is 15.0. The molecule has 4 heteroatoms. The minimum Gasteiger partial charge on any atom is -0.435 e. The maximum absolute atomic E-state index is 6.45. The van der Waals surface area contributed by atoms with Gasteiger partial charge in [0, 0.05) is 22.1 Å². The van der Waals surface area contributed by atoms with Gasteiger partial charge in [-0.15, -0.1) is 0 Å². The molecule has 0 amide bonds. The van der Waals surface area contributed by atoms with E-state index in [0.29, 0.717) is 5.89 Å². The molecule has 9 aromatic rings. The summed E-state index contributed by atoms with van der Waals surface area (Å²) in [7, 11) is 0. The summed E-state index contributed by atoms with van der Waals surface area (Å²) in [5.41, 5.74) is 10.4. The third-order valence-electron chi connectivity index (χ3n) is 8.47. The molecule has 0 bridgehead atoms. The van der Waals surface area contributed by atoms with E-state index in [1.165, 1.54) is 0 Å². The third kappa shape index (κ3) is 4.35. The largest absolute Gasteiger partial charge is 0.435 e. The maximum Gasteiger partial charge on any atom is 0.227 e. The van der Waals surface area contributed by atoms with Crippen LogP contribution in [0.3, 0.4) is 0 Å². The number of oxazole rings is 1. The van der Waals surface area contributed by atoms with E-state index in [1.807, 2.05) is 72.8 Å². The molecule has 210 valence electrons. The molecule has 0 saturated carbocycles. The van der Waals surface area contributed by atoms with Gasteiger partial charge in [0.15, 0.2) is 5.58 Å². The fourth-order valence-corrected chi connectivity index (χ4v) is 6.23. The first kappa shape index (κ1) is 25.4. The van der Waals surface area contributed by atoms with Crippen molar-refractivity contribution in [2.75, 3.05) is 0 Å². The minimum atomic E-state index is 0.628. The highest BCUT2D eigenvalue weighted by Crippen LogP contribution is 2.37. The van der Waals surface area contributed by atoms with Gasteiger partial charge in [0.2, 0.25) is 5.89 Å². The number of fused-ring (bicyclic) bond motifs is 6. The summed E-state index contributed by atoms with van der Waals surface area (Å²) in [5, 5.41) is 4.46. The van der Waals surface area contributed by atoms with E-state index >= 15 is 0 Å². The van der Waals surface area contributed by atoms with Crippen LogP contribution in [-0.2, 0) is 0 Å². The predicted octanol–water partition coefficient (Wildman–Crippen LogP) is 10.7. The Labute approximate surface area is 259 Å². The van der Waals surface area contributed by atoms with E-state index in [2.05, 4.69) is 78.9 Å². The Morgan fingerprint density at radius 1 is 0.378 bits per heavy atom. The molecule has 0 aliphatic heterocycles. The minimum absolute atomic E-state index is 0.628. The van der Waals surface area contributed by atoms with E-state index in [-0.39, 0.29) is 0 Å². The molecule has 0 atom stereocenters. The van der Waals surface area contributed by atoms with Crippen molar-refractivity contribution in [3.05, 3.63) is 152 Å². The number of rotatable bonds is 4. The van der Waals surface area contributed by atoms with Crippen LogP contribution >= 0.6 is 0 Å². The molecular formula is C41H25N3O. The lowest BCUT2D eigenvalue weighted by Gasteiger charge is -2.12. The molecule has 2 aromatic heterocycles. The van der Waals surface area contributed by atoms with Crippen molar-refractivity contribution in [3.8, 4) is 45.1 Å². The molecule has 0 aliphatic rings. The number of hydrogen-bond donors (Lipinski definition) is 0. The van der Waals surface area contributed by atoms with Crippen LogP contribution in [0.25, 0.3) is 88.8 Å². The van der Waals surface area contributed by atoms with Crippen molar-refractivity contribution >= 4 is 43.7 Å². The fraction of sp³-hybridized carbons (Fsp3) is 0. The first-order chi connectivity index (χ1) is 22.3. The van der Waals surface area contributed by atoms with E-state index in [1.54, 1.807) is 0 Å². The molecule has 45 heavy (non-hydrogen) atoms. The molecule has 0 fully saturated rings. The Hall–Kier alpha value is -6.13. The van der Waals surface area contributed by atoms with Crippen LogP contribution in [-0.4, -0.2) is 15.0 Å². The first-order valence-electron chi connectivity index (χ1n) is 15.0. The molecular weight excluding hydrogens is 550 g/mol.